The van der Waals surface area contributed by atoms with Gasteiger partial charge in [-0.3, -0.25) is 9.59 Å². The van der Waals surface area contributed by atoms with Crippen LogP contribution < -0.4 is 5.32 Å². The molecule has 164 valence electrons. The van der Waals surface area contributed by atoms with E-state index in [2.05, 4.69) is 5.32 Å². The molecule has 4 rings (SSSR count). The maximum atomic E-state index is 13.6. The lowest BCUT2D eigenvalue weighted by Crippen LogP contribution is -2.64. The number of hydrogen-bond donors (Lipinski definition) is 2. The fourth-order valence-electron chi connectivity index (χ4n) is 5.71. The van der Waals surface area contributed by atoms with Crippen molar-refractivity contribution in [1.29, 1.82) is 0 Å². The number of carbonyl (C=O) groups is 2. The normalized spacial score (nSPS) is 30.9. The van der Waals surface area contributed by atoms with Gasteiger partial charge < -0.3 is 15.3 Å². The molecule has 2 amide bonds. The van der Waals surface area contributed by atoms with E-state index in [0.29, 0.717) is 13.0 Å². The number of piperidine rings is 1. The molecule has 2 saturated carbocycles. The molecule has 3 unspecified atom stereocenters. The maximum absolute atomic E-state index is 13.6. The van der Waals surface area contributed by atoms with Gasteiger partial charge in [0.2, 0.25) is 11.8 Å². The zero-order chi connectivity index (χ0) is 21.1. The Morgan fingerprint density at radius 3 is 2.23 bits per heavy atom. The molecule has 2 N–H and O–H groups in total. The van der Waals surface area contributed by atoms with E-state index in [-0.39, 0.29) is 29.7 Å². The molecule has 0 bridgehead atoms. The lowest BCUT2D eigenvalue weighted by atomic mass is 9.78. The van der Waals surface area contributed by atoms with Crippen molar-refractivity contribution >= 4 is 11.8 Å². The first-order valence-corrected chi connectivity index (χ1v) is 11.9. The minimum atomic E-state index is -1.06. The van der Waals surface area contributed by atoms with Crippen LogP contribution >= 0.6 is 0 Å². The summed E-state index contributed by atoms with van der Waals surface area (Å²) >= 11 is 0. The standard InChI is InChI=1S/C25H36N2O3/c1-25(30)16-17-27(24(29)20-14-6-3-7-15-20)21(18-10-4-2-5-11-18)22(25)26-23(28)19-12-8-9-13-19/h2,4-5,10-11,19-22,30H,3,6-9,12-17H2,1H3,(H,26,28). The first-order chi connectivity index (χ1) is 14.5. The average Bonchev–Trinajstić information content (AvgIpc) is 3.31. The second-order valence-electron chi connectivity index (χ2n) is 9.80. The highest BCUT2D eigenvalue weighted by Crippen LogP contribution is 2.40. The monoisotopic (exact) mass is 412 g/mol. The number of aliphatic hydroxyl groups is 1. The SMILES string of the molecule is CC1(O)CCN(C(=O)C2CCCCC2)C(c2ccccc2)C1NC(=O)C1CCCC1. The van der Waals surface area contributed by atoms with Gasteiger partial charge in [-0.15, -0.1) is 0 Å². The Morgan fingerprint density at radius 1 is 0.967 bits per heavy atom. The highest BCUT2D eigenvalue weighted by molar-refractivity contribution is 5.81. The molecule has 2 aliphatic carbocycles. The Balaban J connectivity index is 1.64. The number of benzene rings is 1. The molecule has 1 aromatic carbocycles. The van der Waals surface area contributed by atoms with Crippen molar-refractivity contribution in [2.45, 2.75) is 88.8 Å². The van der Waals surface area contributed by atoms with Gasteiger partial charge in [-0.25, -0.2) is 0 Å². The van der Waals surface area contributed by atoms with E-state index < -0.39 is 11.6 Å². The van der Waals surface area contributed by atoms with Crippen LogP contribution in [0, 0.1) is 11.8 Å². The zero-order valence-corrected chi connectivity index (χ0v) is 18.2. The maximum Gasteiger partial charge on any atom is 0.226 e. The van der Waals surface area contributed by atoms with Crippen LogP contribution in [0.5, 0.6) is 0 Å². The first-order valence-electron chi connectivity index (χ1n) is 11.9. The summed E-state index contributed by atoms with van der Waals surface area (Å²) in [5.41, 5.74) is -0.0728. The topological polar surface area (TPSA) is 69.6 Å². The van der Waals surface area contributed by atoms with Crippen molar-refractivity contribution in [1.82, 2.24) is 10.2 Å². The summed E-state index contributed by atoms with van der Waals surface area (Å²) in [7, 11) is 0. The Hall–Kier alpha value is -1.88. The summed E-state index contributed by atoms with van der Waals surface area (Å²) in [6, 6.07) is 9.09. The van der Waals surface area contributed by atoms with Crippen molar-refractivity contribution in [2.75, 3.05) is 6.54 Å². The Morgan fingerprint density at radius 2 is 1.57 bits per heavy atom. The molecule has 3 fully saturated rings. The predicted octanol–water partition coefficient (Wildman–Crippen LogP) is 3.97. The van der Waals surface area contributed by atoms with Crippen molar-refractivity contribution in [3.8, 4) is 0 Å². The van der Waals surface area contributed by atoms with Crippen molar-refractivity contribution in [3.05, 3.63) is 35.9 Å². The van der Waals surface area contributed by atoms with Gasteiger partial charge in [-0.1, -0.05) is 62.4 Å². The average molecular weight is 413 g/mol. The Kier molecular flexibility index (Phi) is 6.47. The second kappa shape index (κ2) is 9.09. The third-order valence-electron chi connectivity index (χ3n) is 7.58. The molecular weight excluding hydrogens is 376 g/mol. The summed E-state index contributed by atoms with van der Waals surface area (Å²) in [5.74, 6) is 0.325. The van der Waals surface area contributed by atoms with Crippen molar-refractivity contribution < 1.29 is 14.7 Å². The van der Waals surface area contributed by atoms with Crippen LogP contribution in [0.2, 0.25) is 0 Å². The summed E-state index contributed by atoms with van der Waals surface area (Å²) in [5, 5.41) is 14.5. The molecule has 0 aromatic heterocycles. The van der Waals surface area contributed by atoms with Crippen LogP contribution in [0.3, 0.4) is 0 Å². The zero-order valence-electron chi connectivity index (χ0n) is 18.2. The third-order valence-corrected chi connectivity index (χ3v) is 7.58. The fourth-order valence-corrected chi connectivity index (χ4v) is 5.71. The van der Waals surface area contributed by atoms with Gasteiger partial charge in [0.25, 0.3) is 0 Å². The quantitative estimate of drug-likeness (QED) is 0.786. The molecular formula is C25H36N2O3. The molecule has 1 heterocycles. The summed E-state index contributed by atoms with van der Waals surface area (Å²) in [6.45, 7) is 2.34. The largest absolute Gasteiger partial charge is 0.388 e. The number of carbonyl (C=O) groups excluding carboxylic acids is 2. The predicted molar refractivity (Wildman–Crippen MR) is 117 cm³/mol. The molecule has 1 aromatic rings. The number of likely N-dealkylation sites (tertiary alicyclic amines) is 1. The van der Waals surface area contributed by atoms with Crippen molar-refractivity contribution in [2.24, 2.45) is 11.8 Å². The third kappa shape index (κ3) is 4.41. The van der Waals surface area contributed by atoms with E-state index in [4.69, 9.17) is 0 Å². The first kappa shape index (κ1) is 21.4. The molecule has 5 heteroatoms. The van der Waals surface area contributed by atoms with E-state index in [0.717, 1.165) is 56.9 Å². The highest BCUT2D eigenvalue weighted by atomic mass is 16.3. The minimum absolute atomic E-state index is 0.0293. The summed E-state index contributed by atoms with van der Waals surface area (Å²) < 4.78 is 0. The lowest BCUT2D eigenvalue weighted by molar-refractivity contribution is -0.151. The van der Waals surface area contributed by atoms with Gasteiger partial charge in [0.05, 0.1) is 17.7 Å². The lowest BCUT2D eigenvalue weighted by Gasteiger charge is -2.50. The molecule has 3 atom stereocenters. The summed E-state index contributed by atoms with van der Waals surface area (Å²) in [6.07, 6.45) is 9.83. The van der Waals surface area contributed by atoms with E-state index in [1.54, 1.807) is 0 Å². The number of amides is 2. The minimum Gasteiger partial charge on any atom is -0.388 e. The molecule has 1 aliphatic heterocycles. The smallest absolute Gasteiger partial charge is 0.226 e. The fraction of sp³-hybridized carbons (Fsp3) is 0.680. The summed E-state index contributed by atoms with van der Waals surface area (Å²) in [4.78, 5) is 28.6. The number of hydrogen-bond acceptors (Lipinski definition) is 3. The van der Waals surface area contributed by atoms with Gasteiger partial charge in [-0.05, 0) is 44.6 Å². The number of nitrogens with one attached hydrogen (secondary N) is 1. The molecule has 1 saturated heterocycles. The Bertz CT molecular complexity index is 736. The molecule has 5 nitrogen and oxygen atoms in total. The van der Waals surface area contributed by atoms with Crippen LogP contribution in [0.15, 0.2) is 30.3 Å². The van der Waals surface area contributed by atoms with Gasteiger partial charge in [0.1, 0.15) is 0 Å². The van der Waals surface area contributed by atoms with E-state index in [1.165, 1.54) is 6.42 Å². The highest BCUT2D eigenvalue weighted by Gasteiger charge is 2.49. The van der Waals surface area contributed by atoms with Crippen LogP contribution in [0.25, 0.3) is 0 Å². The number of rotatable bonds is 4. The Labute approximate surface area is 180 Å². The molecule has 0 spiro atoms. The molecule has 3 aliphatic rings. The second-order valence-corrected chi connectivity index (χ2v) is 9.80. The van der Waals surface area contributed by atoms with E-state index in [9.17, 15) is 14.7 Å². The van der Waals surface area contributed by atoms with Crippen molar-refractivity contribution in [3.63, 3.8) is 0 Å². The van der Waals surface area contributed by atoms with E-state index in [1.807, 2.05) is 42.2 Å². The van der Waals surface area contributed by atoms with Gasteiger partial charge in [0.15, 0.2) is 0 Å². The van der Waals surface area contributed by atoms with Gasteiger partial charge in [0, 0.05) is 18.4 Å². The van der Waals surface area contributed by atoms with E-state index >= 15 is 0 Å². The van der Waals surface area contributed by atoms with Gasteiger partial charge >= 0.3 is 0 Å². The van der Waals surface area contributed by atoms with Crippen LogP contribution in [-0.2, 0) is 9.59 Å². The van der Waals surface area contributed by atoms with Crippen LogP contribution in [0.1, 0.15) is 82.7 Å². The van der Waals surface area contributed by atoms with Gasteiger partial charge in [-0.2, -0.15) is 0 Å². The van der Waals surface area contributed by atoms with Crippen LogP contribution in [-0.4, -0.2) is 40.0 Å². The van der Waals surface area contributed by atoms with Crippen LogP contribution in [0.4, 0.5) is 0 Å². The molecule has 30 heavy (non-hydrogen) atoms. The molecule has 0 radical (unpaired) electrons. The number of nitrogens with zero attached hydrogens (tertiary/aromatic N) is 1.